The van der Waals surface area contributed by atoms with Crippen LogP contribution in [0.5, 0.6) is 0 Å². The van der Waals surface area contributed by atoms with E-state index in [0.29, 0.717) is 53.1 Å². The van der Waals surface area contributed by atoms with E-state index in [1.165, 1.54) is 24.3 Å². The number of carbonyl (C=O) groups excluding carboxylic acids is 4. The van der Waals surface area contributed by atoms with Gasteiger partial charge < -0.3 is 31.9 Å². The quantitative estimate of drug-likeness (QED) is 0.117. The third-order valence-electron chi connectivity index (χ3n) is 7.83. The molecule has 0 radical (unpaired) electrons. The first kappa shape index (κ1) is 33.7. The first-order chi connectivity index (χ1) is 21.6. The van der Waals surface area contributed by atoms with Crippen LogP contribution >= 0.6 is 46.4 Å². The van der Waals surface area contributed by atoms with E-state index in [1.807, 2.05) is 38.0 Å². The lowest BCUT2D eigenvalue weighted by atomic mass is 9.83. The van der Waals surface area contributed by atoms with Crippen molar-refractivity contribution < 1.29 is 19.2 Å². The summed E-state index contributed by atoms with van der Waals surface area (Å²) >= 11 is 27.8. The predicted molar refractivity (Wildman–Crippen MR) is 187 cm³/mol. The van der Waals surface area contributed by atoms with E-state index in [2.05, 4.69) is 10.6 Å². The molecule has 5 rings (SSSR count). The van der Waals surface area contributed by atoms with Crippen LogP contribution in [0.15, 0.2) is 24.3 Å². The maximum absolute atomic E-state index is 13.8. The molecule has 0 saturated carbocycles. The molecule has 5 aromatic rings. The number of carbonyl (C=O) groups is 4. The van der Waals surface area contributed by atoms with Crippen molar-refractivity contribution in [2.45, 2.75) is 0 Å². The molecule has 0 atom stereocenters. The summed E-state index contributed by atoms with van der Waals surface area (Å²) in [7, 11) is 7.51. The number of rotatable bonds is 10. The van der Waals surface area contributed by atoms with Crippen LogP contribution in [0.1, 0.15) is 41.4 Å². The number of hydrogen-bond donors (Lipinski definition) is 4. The Labute approximate surface area is 284 Å². The van der Waals surface area contributed by atoms with Gasteiger partial charge in [-0.2, -0.15) is 0 Å². The summed E-state index contributed by atoms with van der Waals surface area (Å²) in [6.07, 6.45) is 0. The van der Waals surface area contributed by atoms with Gasteiger partial charge in [-0.05, 0) is 52.5 Å². The third-order valence-corrected chi connectivity index (χ3v) is 9.02. The average molecular weight is 704 g/mol. The molecule has 0 saturated heterocycles. The minimum absolute atomic E-state index is 0.0591. The molecule has 0 heterocycles. The minimum atomic E-state index is -0.855. The number of primary amides is 2. The van der Waals surface area contributed by atoms with Gasteiger partial charge in [0.1, 0.15) is 0 Å². The van der Waals surface area contributed by atoms with Gasteiger partial charge in [0.15, 0.2) is 0 Å². The van der Waals surface area contributed by atoms with Crippen molar-refractivity contribution in [3.8, 4) is 0 Å². The van der Waals surface area contributed by atoms with Crippen LogP contribution in [0.3, 0.4) is 0 Å². The van der Waals surface area contributed by atoms with Crippen LogP contribution in [0, 0.1) is 0 Å². The molecule has 46 heavy (non-hydrogen) atoms. The van der Waals surface area contributed by atoms with Gasteiger partial charge in [-0.15, -0.1) is 0 Å². The fourth-order valence-electron chi connectivity index (χ4n) is 5.84. The maximum atomic E-state index is 13.8. The van der Waals surface area contributed by atoms with E-state index in [9.17, 15) is 19.2 Å². The topological polar surface area (TPSA) is 151 Å². The van der Waals surface area contributed by atoms with Gasteiger partial charge in [-0.25, -0.2) is 0 Å². The largest absolute Gasteiger partial charge is 0.366 e. The fourth-order valence-corrected chi connectivity index (χ4v) is 7.03. The van der Waals surface area contributed by atoms with Crippen molar-refractivity contribution in [2.24, 2.45) is 11.5 Å². The highest BCUT2D eigenvalue weighted by Crippen LogP contribution is 2.52. The number of nitrogens with two attached hydrogens (primary N) is 2. The molecule has 240 valence electrons. The van der Waals surface area contributed by atoms with E-state index in [1.54, 1.807) is 0 Å². The highest BCUT2D eigenvalue weighted by molar-refractivity contribution is 6.55. The van der Waals surface area contributed by atoms with Crippen LogP contribution in [0.4, 0.5) is 0 Å². The fraction of sp³-hybridized carbons (Fsp3) is 0.250. The van der Waals surface area contributed by atoms with Crippen LogP contribution in [0.2, 0.25) is 20.1 Å². The molecule has 0 aliphatic rings. The number of benzene rings is 5. The highest BCUT2D eigenvalue weighted by atomic mass is 35.5. The monoisotopic (exact) mass is 702 g/mol. The first-order valence-electron chi connectivity index (χ1n) is 14.1. The molecule has 0 aliphatic carbocycles. The zero-order valence-electron chi connectivity index (χ0n) is 25.3. The standard InChI is InChI=1S/C32H30Cl4N6O4/c1-41(2)7-5-39-31(45)15-11-19(35)25-23-17(33)9-13(29(37)43)21-14(30(38)44)10-18(34)24(27(21)23)26-20(36)12-16(22(15)28(25)26)32(46)40-6-8-42(3)4/h9-12H,5-8H2,1-4H3,(H2,37,43)(H2,38,44)(H,39,45)(H,40,46). The Morgan fingerprint density at radius 1 is 0.522 bits per heavy atom. The van der Waals surface area contributed by atoms with Crippen molar-refractivity contribution >= 4 is 113 Å². The number of hydrogen-bond acceptors (Lipinski definition) is 6. The first-order valence-corrected chi connectivity index (χ1v) is 15.6. The van der Waals surface area contributed by atoms with Crippen molar-refractivity contribution in [3.63, 3.8) is 0 Å². The molecule has 0 unspecified atom stereocenters. The number of likely N-dealkylation sites (N-methyl/N-ethyl adjacent to an activating group) is 2. The molecule has 0 spiro atoms. The minimum Gasteiger partial charge on any atom is -0.366 e. The Morgan fingerprint density at radius 2 is 0.804 bits per heavy atom. The summed E-state index contributed by atoms with van der Waals surface area (Å²) in [6, 6.07) is 5.60. The molecule has 6 N–H and O–H groups in total. The summed E-state index contributed by atoms with van der Waals surface area (Å²) in [4.78, 5) is 56.7. The zero-order chi connectivity index (χ0) is 33.8. The smallest absolute Gasteiger partial charge is 0.252 e. The van der Waals surface area contributed by atoms with Crippen LogP contribution < -0.4 is 22.1 Å². The summed E-state index contributed by atoms with van der Waals surface area (Å²) in [5, 5.41) is 8.45. The van der Waals surface area contributed by atoms with Gasteiger partial charge in [0.05, 0.1) is 0 Å². The van der Waals surface area contributed by atoms with Crippen molar-refractivity contribution in [2.75, 3.05) is 54.4 Å². The molecular weight excluding hydrogens is 674 g/mol. The summed E-state index contributed by atoms with van der Waals surface area (Å²) in [5.41, 5.74) is 11.6. The molecule has 0 aromatic heterocycles. The molecule has 5 aromatic carbocycles. The molecule has 4 amide bonds. The summed E-state index contributed by atoms with van der Waals surface area (Å²) < 4.78 is 0. The van der Waals surface area contributed by atoms with Crippen LogP contribution in [-0.4, -0.2) is 87.8 Å². The maximum Gasteiger partial charge on any atom is 0.252 e. The van der Waals surface area contributed by atoms with Gasteiger partial charge in [0.25, 0.3) is 11.8 Å². The van der Waals surface area contributed by atoms with Gasteiger partial charge in [-0.3, -0.25) is 19.2 Å². The lowest BCUT2D eigenvalue weighted by molar-refractivity contribution is 0.0950. The summed E-state index contributed by atoms with van der Waals surface area (Å²) in [6.45, 7) is 1.77. The van der Waals surface area contributed by atoms with E-state index in [4.69, 9.17) is 57.9 Å². The van der Waals surface area contributed by atoms with Crippen LogP contribution in [-0.2, 0) is 0 Å². The second kappa shape index (κ2) is 12.9. The lowest BCUT2D eigenvalue weighted by Crippen LogP contribution is -2.33. The van der Waals surface area contributed by atoms with Crippen LogP contribution in [0.25, 0.3) is 43.1 Å². The second-order valence-corrected chi connectivity index (χ2v) is 13.1. The number of fused-ring (bicyclic) bond motifs is 2. The van der Waals surface area contributed by atoms with Crippen molar-refractivity contribution in [1.29, 1.82) is 0 Å². The van der Waals surface area contributed by atoms with Crippen molar-refractivity contribution in [1.82, 2.24) is 20.4 Å². The van der Waals surface area contributed by atoms with E-state index in [-0.39, 0.29) is 58.5 Å². The normalized spacial score (nSPS) is 11.9. The Kier molecular flexibility index (Phi) is 9.43. The van der Waals surface area contributed by atoms with Gasteiger partial charge in [0.2, 0.25) is 11.8 Å². The SMILES string of the molecule is CN(C)CCNC(=O)c1cc(Cl)c2c3c(Cl)cc(C(N)=O)c4c(C(N)=O)cc(Cl)c(c5c(Cl)cc(C(=O)NCCN(C)C)c1c25)c43. The molecule has 0 fully saturated rings. The number of nitrogens with zero attached hydrogens (tertiary/aromatic N) is 2. The highest BCUT2D eigenvalue weighted by Gasteiger charge is 2.30. The molecule has 0 aliphatic heterocycles. The van der Waals surface area contributed by atoms with Gasteiger partial charge >= 0.3 is 0 Å². The Bertz CT molecular complexity index is 1970. The predicted octanol–water partition coefficient (Wildman–Crippen LogP) is 5.13. The Balaban J connectivity index is 2.02. The molecule has 0 bridgehead atoms. The molecule has 14 heteroatoms. The number of nitrogens with one attached hydrogen (secondary N) is 2. The molecule has 10 nitrogen and oxygen atoms in total. The van der Waals surface area contributed by atoms with E-state index >= 15 is 0 Å². The average Bonchev–Trinajstić information content (AvgIpc) is 2.96. The Hall–Kier alpha value is -3.64. The zero-order valence-corrected chi connectivity index (χ0v) is 28.4. The van der Waals surface area contributed by atoms with Gasteiger partial charge in [-0.1, -0.05) is 46.4 Å². The van der Waals surface area contributed by atoms with E-state index in [0.717, 1.165) is 0 Å². The number of amides is 4. The second-order valence-electron chi connectivity index (χ2n) is 11.5. The van der Waals surface area contributed by atoms with Gasteiger partial charge in [0, 0.05) is 112 Å². The summed E-state index contributed by atoms with van der Waals surface area (Å²) in [5.74, 6) is -2.64. The third kappa shape index (κ3) is 5.74. The van der Waals surface area contributed by atoms with Crippen molar-refractivity contribution in [3.05, 3.63) is 66.6 Å². The van der Waals surface area contributed by atoms with E-state index < -0.39 is 23.6 Å². The Morgan fingerprint density at radius 3 is 1.09 bits per heavy atom. The number of halogens is 4. The lowest BCUT2D eigenvalue weighted by Gasteiger charge is -2.23. The molecular formula is C32H30Cl4N6O4.